The average molecular weight is 738 g/mol. The Morgan fingerprint density at radius 1 is 0.345 bits per heavy atom. The van der Waals surface area contributed by atoms with Crippen molar-refractivity contribution in [3.63, 3.8) is 0 Å². The summed E-state index contributed by atoms with van der Waals surface area (Å²) in [6.45, 7) is 0. The molecule has 58 heavy (non-hydrogen) atoms. The summed E-state index contributed by atoms with van der Waals surface area (Å²) in [5.41, 5.74) is 22.4. The summed E-state index contributed by atoms with van der Waals surface area (Å²) < 4.78 is 2.43. The lowest BCUT2D eigenvalue weighted by Gasteiger charge is -2.16. The van der Waals surface area contributed by atoms with Gasteiger partial charge in [0.25, 0.3) is 0 Å². The molecule has 9 aromatic carbocycles. The van der Waals surface area contributed by atoms with Crippen molar-refractivity contribution in [3.8, 4) is 50.2 Å². The van der Waals surface area contributed by atoms with Crippen LogP contribution in [0.5, 0.6) is 0 Å². The van der Waals surface area contributed by atoms with Crippen LogP contribution in [0.4, 0.5) is 0 Å². The van der Waals surface area contributed by atoms with Gasteiger partial charge in [0.1, 0.15) is 0 Å². The van der Waals surface area contributed by atoms with E-state index in [9.17, 15) is 0 Å². The summed E-state index contributed by atoms with van der Waals surface area (Å²) >= 11 is 0. The minimum atomic E-state index is 0.222. The van der Waals surface area contributed by atoms with Crippen molar-refractivity contribution in [1.82, 2.24) is 4.57 Å². The molecule has 1 heterocycles. The molecule has 0 N–H and O–H groups in total. The van der Waals surface area contributed by atoms with Crippen LogP contribution in [0.1, 0.15) is 45.2 Å². The van der Waals surface area contributed by atoms with E-state index in [1.165, 1.54) is 105 Å². The smallest absolute Gasteiger partial charge is 0.0541 e. The molecule has 2 aliphatic carbocycles. The van der Waals surface area contributed by atoms with Crippen LogP contribution in [0.15, 0.2) is 212 Å². The maximum atomic E-state index is 2.45. The molecule has 1 nitrogen and oxygen atoms in total. The first-order valence-corrected chi connectivity index (χ1v) is 20.5. The van der Waals surface area contributed by atoms with Crippen molar-refractivity contribution < 1.29 is 0 Å². The van der Waals surface area contributed by atoms with Crippen molar-refractivity contribution in [2.75, 3.05) is 0 Å². The van der Waals surface area contributed by atoms with E-state index in [0.717, 1.165) is 6.42 Å². The van der Waals surface area contributed by atoms with E-state index < -0.39 is 0 Å². The van der Waals surface area contributed by atoms with Gasteiger partial charge in [-0.15, -0.1) is 0 Å². The van der Waals surface area contributed by atoms with Crippen LogP contribution < -0.4 is 0 Å². The molecule has 0 radical (unpaired) electrons. The molecule has 0 aliphatic heterocycles. The van der Waals surface area contributed by atoms with Crippen molar-refractivity contribution in [2.24, 2.45) is 0 Å². The first-order chi connectivity index (χ1) is 28.8. The Kier molecular flexibility index (Phi) is 7.50. The summed E-state index contributed by atoms with van der Waals surface area (Å²) in [4.78, 5) is 0. The van der Waals surface area contributed by atoms with Crippen LogP contribution in [-0.4, -0.2) is 4.57 Å². The quantitative estimate of drug-likeness (QED) is 0.160. The molecule has 0 fully saturated rings. The largest absolute Gasteiger partial charge is 0.309 e. The van der Waals surface area contributed by atoms with E-state index in [4.69, 9.17) is 0 Å². The lowest BCUT2D eigenvalue weighted by molar-refractivity contribution is 0.827. The van der Waals surface area contributed by atoms with E-state index in [2.05, 4.69) is 217 Å². The fraction of sp³-hybridized carbons (Fsp3) is 0.0526. The third kappa shape index (κ3) is 5.17. The molecule has 1 unspecified atom stereocenters. The topological polar surface area (TPSA) is 4.93 Å². The summed E-state index contributed by atoms with van der Waals surface area (Å²) in [7, 11) is 0. The number of hydrogen-bond donors (Lipinski definition) is 0. The van der Waals surface area contributed by atoms with Crippen LogP contribution in [0.2, 0.25) is 0 Å². The normalized spacial score (nSPS) is 14.0. The Morgan fingerprint density at radius 3 is 1.69 bits per heavy atom. The maximum Gasteiger partial charge on any atom is 0.0541 e. The van der Waals surface area contributed by atoms with Crippen LogP contribution >= 0.6 is 0 Å². The Labute approximate surface area is 339 Å². The van der Waals surface area contributed by atoms with Crippen LogP contribution in [-0.2, 0) is 6.42 Å². The van der Waals surface area contributed by atoms with Crippen LogP contribution in [0, 0.1) is 0 Å². The molecule has 12 rings (SSSR count). The second-order valence-electron chi connectivity index (χ2n) is 16.0. The first kappa shape index (κ1) is 33.0. The molecule has 1 atom stereocenters. The van der Waals surface area contributed by atoms with Gasteiger partial charge < -0.3 is 4.57 Å². The Morgan fingerprint density at radius 2 is 0.914 bits per heavy atom. The highest BCUT2D eigenvalue weighted by molar-refractivity contribution is 6.09. The van der Waals surface area contributed by atoms with Crippen molar-refractivity contribution >= 4 is 21.8 Å². The zero-order valence-electron chi connectivity index (χ0n) is 32.0. The third-order valence-electron chi connectivity index (χ3n) is 12.9. The molecule has 1 heteroatoms. The summed E-state index contributed by atoms with van der Waals surface area (Å²) in [5.74, 6) is 0.544. The summed E-state index contributed by atoms with van der Waals surface area (Å²) in [6.07, 6.45) is 0.960. The summed E-state index contributed by atoms with van der Waals surface area (Å²) in [6, 6.07) is 78.9. The number of fused-ring (bicyclic) bond motifs is 9. The fourth-order valence-corrected chi connectivity index (χ4v) is 10.2. The van der Waals surface area contributed by atoms with Gasteiger partial charge in [-0.25, -0.2) is 0 Å². The van der Waals surface area contributed by atoms with Gasteiger partial charge in [0.15, 0.2) is 0 Å². The third-order valence-corrected chi connectivity index (χ3v) is 12.9. The van der Waals surface area contributed by atoms with Crippen LogP contribution in [0.3, 0.4) is 0 Å². The number of para-hydroxylation sites is 1. The molecule has 0 saturated carbocycles. The molecule has 272 valence electrons. The highest BCUT2D eigenvalue weighted by Gasteiger charge is 2.31. The number of nitrogens with zero attached hydrogens (tertiary/aromatic N) is 1. The SMILES string of the molecule is c1ccc(-c2ccc3c(c2)-c2ccccc2C3Cc2cccc(-c3ccc(-n4c5ccccc5c5cc(C6c7ccccc7-c7ccccc76)ccc54)cc3)c2)cc1. The van der Waals surface area contributed by atoms with Gasteiger partial charge in [-0.05, 0) is 121 Å². The number of benzene rings is 9. The fourth-order valence-electron chi connectivity index (χ4n) is 10.2. The Hall–Kier alpha value is -7.22. The average Bonchev–Trinajstić information content (AvgIpc) is 3.92. The zero-order chi connectivity index (χ0) is 38.2. The second kappa shape index (κ2) is 13.2. The van der Waals surface area contributed by atoms with Gasteiger partial charge >= 0.3 is 0 Å². The van der Waals surface area contributed by atoms with Gasteiger partial charge in [-0.3, -0.25) is 0 Å². The lowest BCUT2D eigenvalue weighted by Crippen LogP contribution is -2.01. The monoisotopic (exact) mass is 737 g/mol. The first-order valence-electron chi connectivity index (χ1n) is 20.5. The standard InChI is InChI=1S/C57H39N/c1-2-14-38(15-3-1)41-27-31-48-52(46-19-4-5-20-47(46)53(48)35-41)34-37-13-12-16-40(33-37)39-25-29-43(30-26-39)58-55-24-11-10-21-49(55)54-36-42(28-32-56(54)58)57-50-22-8-6-17-44(50)45-18-7-9-23-51(45)57/h1-33,35-36,52,57H,34H2. The van der Waals surface area contributed by atoms with E-state index in [1.807, 2.05) is 0 Å². The van der Waals surface area contributed by atoms with E-state index in [0.29, 0.717) is 5.92 Å². The van der Waals surface area contributed by atoms with Crippen LogP contribution in [0.25, 0.3) is 72.0 Å². The van der Waals surface area contributed by atoms with Crippen molar-refractivity contribution in [2.45, 2.75) is 18.3 Å². The van der Waals surface area contributed by atoms with Crippen molar-refractivity contribution in [3.05, 3.63) is 246 Å². The molecule has 10 aromatic rings. The van der Waals surface area contributed by atoms with Gasteiger partial charge in [0, 0.05) is 28.3 Å². The lowest BCUT2D eigenvalue weighted by atomic mass is 9.88. The predicted molar refractivity (Wildman–Crippen MR) is 242 cm³/mol. The van der Waals surface area contributed by atoms with Crippen molar-refractivity contribution in [1.29, 1.82) is 0 Å². The van der Waals surface area contributed by atoms with E-state index in [1.54, 1.807) is 0 Å². The van der Waals surface area contributed by atoms with Gasteiger partial charge in [0.2, 0.25) is 0 Å². The second-order valence-corrected chi connectivity index (χ2v) is 16.0. The highest BCUT2D eigenvalue weighted by Crippen LogP contribution is 2.50. The number of rotatable bonds is 6. The van der Waals surface area contributed by atoms with E-state index in [-0.39, 0.29) is 5.92 Å². The maximum absolute atomic E-state index is 2.45. The zero-order valence-corrected chi connectivity index (χ0v) is 32.0. The molecule has 0 saturated heterocycles. The molecule has 0 amide bonds. The van der Waals surface area contributed by atoms with Gasteiger partial charge in [-0.2, -0.15) is 0 Å². The predicted octanol–water partition coefficient (Wildman–Crippen LogP) is 14.6. The molecular weight excluding hydrogens is 699 g/mol. The molecule has 0 spiro atoms. The van der Waals surface area contributed by atoms with Gasteiger partial charge in [0.05, 0.1) is 11.0 Å². The summed E-state index contributed by atoms with van der Waals surface area (Å²) in [5, 5.41) is 2.57. The Balaban J connectivity index is 0.874. The highest BCUT2D eigenvalue weighted by atomic mass is 15.0. The number of aromatic nitrogens is 1. The molecule has 0 bridgehead atoms. The molecule has 2 aliphatic rings. The minimum absolute atomic E-state index is 0.222. The van der Waals surface area contributed by atoms with Gasteiger partial charge in [-0.1, -0.05) is 176 Å². The Bertz CT molecular complexity index is 3160. The minimum Gasteiger partial charge on any atom is -0.309 e. The number of hydrogen-bond acceptors (Lipinski definition) is 0. The molecule has 1 aromatic heterocycles. The molecular formula is C57H39N. The van der Waals surface area contributed by atoms with E-state index >= 15 is 0 Å².